The Morgan fingerprint density at radius 2 is 2.04 bits per heavy atom. The fourth-order valence-electron chi connectivity index (χ4n) is 3.28. The average molecular weight is 394 g/mol. The Morgan fingerprint density at radius 3 is 2.69 bits per heavy atom. The van der Waals surface area contributed by atoms with Gasteiger partial charge in [-0.05, 0) is 55.0 Å². The molecule has 1 aromatic carbocycles. The Balaban J connectivity index is 1.60. The predicted octanol–water partition coefficient (Wildman–Crippen LogP) is 2.19. The lowest BCUT2D eigenvalue weighted by Crippen LogP contribution is -2.42. The second-order valence-corrected chi connectivity index (χ2v) is 9.16. The topological polar surface area (TPSA) is 92.5 Å². The first-order valence-electron chi connectivity index (χ1n) is 8.48. The molecule has 0 aliphatic carbocycles. The highest BCUT2D eigenvalue weighted by atomic mass is 32.2. The maximum atomic E-state index is 12.5. The maximum Gasteiger partial charge on any atom is 0.238 e. The van der Waals surface area contributed by atoms with E-state index in [0.717, 1.165) is 18.5 Å². The summed E-state index contributed by atoms with van der Waals surface area (Å²) in [5.41, 5.74) is 2.15. The molecule has 0 radical (unpaired) electrons. The van der Waals surface area contributed by atoms with Crippen LogP contribution < -0.4 is 10.5 Å². The molecule has 2 atom stereocenters. The van der Waals surface area contributed by atoms with Gasteiger partial charge < -0.3 is 5.32 Å². The van der Waals surface area contributed by atoms with Crippen molar-refractivity contribution >= 4 is 27.3 Å². The van der Waals surface area contributed by atoms with Gasteiger partial charge in [0.1, 0.15) is 0 Å². The molecule has 140 valence electrons. The summed E-state index contributed by atoms with van der Waals surface area (Å²) in [6, 6.07) is 8.42. The van der Waals surface area contributed by atoms with Crippen LogP contribution in [0.2, 0.25) is 0 Å². The number of carbonyl (C=O) groups excluding carboxylic acids is 1. The van der Waals surface area contributed by atoms with Gasteiger partial charge in [0.25, 0.3) is 0 Å². The van der Waals surface area contributed by atoms with Gasteiger partial charge in [0.15, 0.2) is 0 Å². The summed E-state index contributed by atoms with van der Waals surface area (Å²) in [5.74, 6) is -0.0430. The molecule has 2 aromatic rings. The zero-order valence-corrected chi connectivity index (χ0v) is 16.4. The van der Waals surface area contributed by atoms with E-state index < -0.39 is 10.0 Å². The molecule has 1 aliphatic heterocycles. The molecule has 3 rings (SSSR count). The number of carbonyl (C=O) groups is 1. The number of nitrogens with two attached hydrogens (primary N) is 1. The minimum Gasteiger partial charge on any atom is -0.348 e. The summed E-state index contributed by atoms with van der Waals surface area (Å²) < 4.78 is 22.6. The van der Waals surface area contributed by atoms with E-state index in [1.165, 1.54) is 22.6 Å². The zero-order valence-electron chi connectivity index (χ0n) is 14.8. The van der Waals surface area contributed by atoms with Gasteiger partial charge in [-0.15, -0.1) is 11.3 Å². The van der Waals surface area contributed by atoms with Gasteiger partial charge in [-0.2, -0.15) is 0 Å². The van der Waals surface area contributed by atoms with E-state index in [1.54, 1.807) is 23.5 Å². The van der Waals surface area contributed by atoms with E-state index in [4.69, 9.17) is 5.14 Å². The van der Waals surface area contributed by atoms with E-state index in [0.29, 0.717) is 6.54 Å². The minimum absolute atomic E-state index is 0.0430. The summed E-state index contributed by atoms with van der Waals surface area (Å²) in [6.07, 6.45) is 0.981. The second kappa shape index (κ2) is 7.48. The average Bonchev–Trinajstić information content (AvgIpc) is 3.06. The van der Waals surface area contributed by atoms with Gasteiger partial charge in [0.2, 0.25) is 15.9 Å². The fourth-order valence-corrected chi connectivity index (χ4v) is 4.76. The number of nitrogens with zero attached hydrogens (tertiary/aromatic N) is 1. The molecule has 6 nitrogen and oxygen atoms in total. The molecule has 3 N–H and O–H groups in total. The Hall–Kier alpha value is -1.74. The van der Waals surface area contributed by atoms with Gasteiger partial charge in [-0.25, -0.2) is 13.6 Å². The Bertz CT molecular complexity index is 891. The zero-order chi connectivity index (χ0) is 18.9. The van der Waals surface area contributed by atoms with Crippen LogP contribution in [-0.2, 0) is 21.2 Å². The van der Waals surface area contributed by atoms with Crippen molar-refractivity contribution in [2.75, 3.05) is 13.1 Å². The van der Waals surface area contributed by atoms with Crippen molar-refractivity contribution < 1.29 is 13.2 Å². The van der Waals surface area contributed by atoms with E-state index in [9.17, 15) is 13.2 Å². The van der Waals surface area contributed by atoms with Crippen LogP contribution in [0.1, 0.15) is 41.9 Å². The van der Waals surface area contributed by atoms with Gasteiger partial charge in [0, 0.05) is 17.5 Å². The number of sulfonamides is 1. The van der Waals surface area contributed by atoms with Crippen LogP contribution in [0.25, 0.3) is 0 Å². The SMILES string of the molecule is C[C@H](NC(=O)CN1CCc2sccc2[C@@H]1C)c1ccc(S(N)(=O)=O)cc1. The summed E-state index contributed by atoms with van der Waals surface area (Å²) in [4.78, 5) is 16.1. The highest BCUT2D eigenvalue weighted by Crippen LogP contribution is 2.32. The van der Waals surface area contributed by atoms with E-state index in [-0.39, 0.29) is 22.9 Å². The smallest absolute Gasteiger partial charge is 0.238 e. The molecule has 2 heterocycles. The van der Waals surface area contributed by atoms with Crippen molar-refractivity contribution in [2.45, 2.75) is 37.2 Å². The second-order valence-electron chi connectivity index (χ2n) is 6.60. The first-order chi connectivity index (χ1) is 12.3. The van der Waals surface area contributed by atoms with Crippen LogP contribution in [0.3, 0.4) is 0 Å². The number of thiophene rings is 1. The third-order valence-electron chi connectivity index (χ3n) is 4.84. The van der Waals surface area contributed by atoms with Gasteiger partial charge in [-0.3, -0.25) is 9.69 Å². The minimum atomic E-state index is -3.71. The number of hydrogen-bond acceptors (Lipinski definition) is 5. The predicted molar refractivity (Wildman–Crippen MR) is 102 cm³/mol. The van der Waals surface area contributed by atoms with Crippen LogP contribution in [-0.4, -0.2) is 32.3 Å². The summed E-state index contributed by atoms with van der Waals surface area (Å²) in [6.45, 7) is 5.23. The van der Waals surface area contributed by atoms with Gasteiger partial charge in [0.05, 0.1) is 17.5 Å². The van der Waals surface area contributed by atoms with Gasteiger partial charge in [-0.1, -0.05) is 12.1 Å². The van der Waals surface area contributed by atoms with Crippen molar-refractivity contribution in [1.29, 1.82) is 0 Å². The van der Waals surface area contributed by atoms with E-state index in [1.807, 2.05) is 6.92 Å². The molecule has 1 amide bonds. The van der Waals surface area contributed by atoms with Crippen LogP contribution >= 0.6 is 11.3 Å². The van der Waals surface area contributed by atoms with Crippen molar-refractivity contribution in [3.05, 3.63) is 51.7 Å². The maximum absolute atomic E-state index is 12.5. The third kappa shape index (κ3) is 4.15. The number of fused-ring (bicyclic) bond motifs is 1. The third-order valence-corrected chi connectivity index (χ3v) is 6.76. The van der Waals surface area contributed by atoms with Crippen molar-refractivity contribution in [3.8, 4) is 0 Å². The highest BCUT2D eigenvalue weighted by molar-refractivity contribution is 7.89. The first kappa shape index (κ1) is 19.0. The monoisotopic (exact) mass is 393 g/mol. The van der Waals surface area contributed by atoms with Crippen LogP contribution in [0.5, 0.6) is 0 Å². The van der Waals surface area contributed by atoms with E-state index >= 15 is 0 Å². The highest BCUT2D eigenvalue weighted by Gasteiger charge is 2.26. The Morgan fingerprint density at radius 1 is 1.35 bits per heavy atom. The van der Waals surface area contributed by atoms with Crippen molar-refractivity contribution in [2.24, 2.45) is 5.14 Å². The molecule has 0 saturated carbocycles. The standard InChI is InChI=1S/C18H23N3O3S2/c1-12(14-3-5-15(6-4-14)26(19,23)24)20-18(22)11-21-9-7-17-16(13(21)2)8-10-25-17/h3-6,8,10,12-13H,7,9,11H2,1-2H3,(H,20,22)(H2,19,23,24)/t12-,13-/m0/s1. The fraction of sp³-hybridized carbons (Fsp3) is 0.389. The molecule has 0 saturated heterocycles. The lowest BCUT2D eigenvalue weighted by atomic mass is 10.0. The Labute approximate surface area is 158 Å². The molecule has 1 aliphatic rings. The number of nitrogens with one attached hydrogen (secondary N) is 1. The molecule has 0 unspecified atom stereocenters. The number of primary sulfonamides is 1. The molecule has 8 heteroatoms. The normalized spacial score (nSPS) is 19.0. The lowest BCUT2D eigenvalue weighted by Gasteiger charge is -2.33. The first-order valence-corrected chi connectivity index (χ1v) is 10.9. The summed E-state index contributed by atoms with van der Waals surface area (Å²) in [7, 11) is -3.71. The largest absolute Gasteiger partial charge is 0.348 e. The van der Waals surface area contributed by atoms with Crippen molar-refractivity contribution in [3.63, 3.8) is 0 Å². The molecular weight excluding hydrogens is 370 g/mol. The summed E-state index contributed by atoms with van der Waals surface area (Å²) >= 11 is 1.78. The summed E-state index contributed by atoms with van der Waals surface area (Å²) in [5, 5.41) is 10.2. The lowest BCUT2D eigenvalue weighted by molar-refractivity contribution is -0.123. The van der Waals surface area contributed by atoms with Gasteiger partial charge >= 0.3 is 0 Å². The molecular formula is C18H23N3O3S2. The number of benzene rings is 1. The quantitative estimate of drug-likeness (QED) is 0.814. The Kier molecular flexibility index (Phi) is 5.47. The molecule has 0 bridgehead atoms. The molecule has 1 aromatic heterocycles. The van der Waals surface area contributed by atoms with E-state index in [2.05, 4.69) is 28.6 Å². The van der Waals surface area contributed by atoms with Crippen LogP contribution in [0, 0.1) is 0 Å². The number of rotatable bonds is 5. The number of hydrogen-bond donors (Lipinski definition) is 2. The molecule has 0 fully saturated rings. The molecule has 26 heavy (non-hydrogen) atoms. The number of amides is 1. The van der Waals surface area contributed by atoms with Crippen LogP contribution in [0.4, 0.5) is 0 Å². The van der Waals surface area contributed by atoms with Crippen molar-refractivity contribution in [1.82, 2.24) is 10.2 Å². The van der Waals surface area contributed by atoms with Crippen LogP contribution in [0.15, 0.2) is 40.6 Å². The molecule has 0 spiro atoms.